The van der Waals surface area contributed by atoms with Gasteiger partial charge in [-0.2, -0.15) is 0 Å². The summed E-state index contributed by atoms with van der Waals surface area (Å²) in [5, 5.41) is 7.14. The maximum atomic E-state index is 13.9. The molecule has 1 aliphatic rings. The number of furan rings is 1. The molecule has 0 spiro atoms. The lowest BCUT2D eigenvalue weighted by atomic mass is 9.78. The van der Waals surface area contributed by atoms with Crippen molar-refractivity contribution >= 4 is 17.6 Å². The van der Waals surface area contributed by atoms with Gasteiger partial charge in [0.15, 0.2) is 5.76 Å². The number of nitrogens with one attached hydrogen (secondary N) is 1. The van der Waals surface area contributed by atoms with Gasteiger partial charge in [0.1, 0.15) is 30.4 Å². The van der Waals surface area contributed by atoms with Crippen LogP contribution in [-0.4, -0.2) is 52.1 Å². The first-order valence-corrected chi connectivity index (χ1v) is 12.8. The quantitative estimate of drug-likeness (QED) is 0.214. The van der Waals surface area contributed by atoms with E-state index in [1.54, 1.807) is 26.4 Å². The fourth-order valence-corrected chi connectivity index (χ4v) is 5.23. The Labute approximate surface area is 228 Å². The average Bonchev–Trinajstić information content (AvgIpc) is 3.69. The molecule has 0 unspecified atom stereocenters. The van der Waals surface area contributed by atoms with Crippen LogP contribution in [0.5, 0.6) is 11.5 Å². The number of rotatable bonds is 11. The monoisotopic (exact) mass is 534 g/mol. The number of carbonyl (C=O) groups excluding carboxylic acids is 2. The highest BCUT2D eigenvalue weighted by Gasteiger charge is 2.49. The number of methoxy groups -OCH3 is 3. The molecule has 0 radical (unpaired) electrons. The van der Waals surface area contributed by atoms with Gasteiger partial charge in [0.2, 0.25) is 5.91 Å². The van der Waals surface area contributed by atoms with E-state index in [4.69, 9.17) is 23.5 Å². The Balaban J connectivity index is 1.59. The summed E-state index contributed by atoms with van der Waals surface area (Å²) in [5.74, 6) is 1.00. The Kier molecular flexibility index (Phi) is 8.91. The molecule has 39 heavy (non-hydrogen) atoms. The molecule has 1 aliphatic carbocycles. The molecular formula is C30H34N2O7. The van der Waals surface area contributed by atoms with Crippen molar-refractivity contribution in [1.29, 1.82) is 0 Å². The number of benzene rings is 2. The summed E-state index contributed by atoms with van der Waals surface area (Å²) in [5.41, 5.74) is 2.02. The summed E-state index contributed by atoms with van der Waals surface area (Å²) >= 11 is 0. The van der Waals surface area contributed by atoms with Gasteiger partial charge in [-0.25, -0.2) is 4.79 Å². The number of ether oxygens (including phenoxy) is 3. The molecule has 0 aliphatic heterocycles. The van der Waals surface area contributed by atoms with E-state index in [1.807, 2.05) is 42.5 Å². The molecule has 0 bridgehead atoms. The molecule has 9 heteroatoms. The molecule has 9 nitrogen and oxygen atoms in total. The van der Waals surface area contributed by atoms with Crippen LogP contribution in [0.25, 0.3) is 11.1 Å². The SMILES string of the molecule is CON=C(c1ccco1)C1(C(=O)N[C@@H](Cc2ccc(-c3c(OC)cccc3OC)cc2)C(=O)OC)CCCC1. The lowest BCUT2D eigenvalue weighted by Gasteiger charge is -2.29. The fourth-order valence-electron chi connectivity index (χ4n) is 5.23. The van der Waals surface area contributed by atoms with Crippen molar-refractivity contribution in [3.8, 4) is 22.6 Å². The predicted octanol–water partition coefficient (Wildman–Crippen LogP) is 4.78. The van der Waals surface area contributed by atoms with Crippen molar-refractivity contribution in [2.24, 2.45) is 10.6 Å². The van der Waals surface area contributed by atoms with Crippen LogP contribution in [0.15, 0.2) is 70.4 Å². The van der Waals surface area contributed by atoms with E-state index in [9.17, 15) is 9.59 Å². The molecule has 1 atom stereocenters. The zero-order valence-electron chi connectivity index (χ0n) is 22.7. The van der Waals surface area contributed by atoms with Crippen LogP contribution < -0.4 is 14.8 Å². The number of hydrogen-bond acceptors (Lipinski definition) is 8. The summed E-state index contributed by atoms with van der Waals surface area (Å²) in [6, 6.07) is 15.9. The van der Waals surface area contributed by atoms with Crippen LogP contribution in [0.2, 0.25) is 0 Å². The van der Waals surface area contributed by atoms with Crippen LogP contribution in [-0.2, 0) is 25.6 Å². The third-order valence-corrected chi connectivity index (χ3v) is 7.18. The summed E-state index contributed by atoms with van der Waals surface area (Å²) < 4.78 is 21.7. The van der Waals surface area contributed by atoms with E-state index in [0.717, 1.165) is 29.5 Å². The largest absolute Gasteiger partial charge is 0.496 e. The standard InChI is InChI=1S/C30H34N2O7/c1-35-23-9-7-10-24(36-2)26(23)21-14-12-20(13-15-21)19-22(28(33)37-3)31-29(34)30(16-5-6-17-30)27(32-38-4)25-11-8-18-39-25/h7-15,18,22H,5-6,16-17,19H2,1-4H3,(H,31,34)/t22-/m0/s1. The molecule has 1 heterocycles. The van der Waals surface area contributed by atoms with Gasteiger partial charge < -0.3 is 28.8 Å². The number of oxime groups is 1. The van der Waals surface area contributed by atoms with Gasteiger partial charge in [-0.15, -0.1) is 0 Å². The highest BCUT2D eigenvalue weighted by atomic mass is 16.6. The predicted molar refractivity (Wildman–Crippen MR) is 146 cm³/mol. The van der Waals surface area contributed by atoms with Crippen molar-refractivity contribution in [2.75, 3.05) is 28.4 Å². The molecule has 1 N–H and O–H groups in total. The minimum atomic E-state index is -0.982. The van der Waals surface area contributed by atoms with Gasteiger partial charge in [-0.05, 0) is 48.2 Å². The first-order chi connectivity index (χ1) is 19.0. The van der Waals surface area contributed by atoms with Gasteiger partial charge >= 0.3 is 5.97 Å². The number of carbonyl (C=O) groups is 2. The smallest absolute Gasteiger partial charge is 0.328 e. The number of amides is 1. The van der Waals surface area contributed by atoms with Gasteiger partial charge in [0, 0.05) is 6.42 Å². The maximum Gasteiger partial charge on any atom is 0.328 e. The second-order valence-corrected chi connectivity index (χ2v) is 9.38. The zero-order chi connectivity index (χ0) is 27.8. The lowest BCUT2D eigenvalue weighted by molar-refractivity contribution is -0.146. The Bertz CT molecular complexity index is 1270. The Morgan fingerprint density at radius 1 is 0.949 bits per heavy atom. The number of hydrogen-bond donors (Lipinski definition) is 1. The van der Waals surface area contributed by atoms with E-state index in [-0.39, 0.29) is 12.3 Å². The molecule has 1 amide bonds. The Morgan fingerprint density at radius 3 is 2.15 bits per heavy atom. The minimum absolute atomic E-state index is 0.245. The second kappa shape index (κ2) is 12.5. The molecule has 2 aromatic carbocycles. The molecular weight excluding hydrogens is 500 g/mol. The first-order valence-electron chi connectivity index (χ1n) is 12.8. The third-order valence-electron chi connectivity index (χ3n) is 7.18. The highest BCUT2D eigenvalue weighted by Crippen LogP contribution is 2.42. The van der Waals surface area contributed by atoms with E-state index in [1.165, 1.54) is 20.5 Å². The van der Waals surface area contributed by atoms with Crippen molar-refractivity contribution in [2.45, 2.75) is 38.1 Å². The topological polar surface area (TPSA) is 109 Å². The van der Waals surface area contributed by atoms with Crippen LogP contribution in [0.4, 0.5) is 0 Å². The average molecular weight is 535 g/mol. The van der Waals surface area contributed by atoms with E-state index < -0.39 is 17.4 Å². The van der Waals surface area contributed by atoms with Crippen LogP contribution in [0.1, 0.15) is 37.0 Å². The first kappa shape index (κ1) is 27.8. The summed E-state index contributed by atoms with van der Waals surface area (Å²) in [7, 11) is 5.97. The molecule has 4 rings (SSSR count). The fraction of sp³-hybridized carbons (Fsp3) is 0.367. The molecule has 3 aromatic rings. The summed E-state index contributed by atoms with van der Waals surface area (Å²) in [6.45, 7) is 0. The summed E-state index contributed by atoms with van der Waals surface area (Å²) in [4.78, 5) is 31.8. The maximum absolute atomic E-state index is 13.9. The molecule has 0 saturated heterocycles. The zero-order valence-corrected chi connectivity index (χ0v) is 22.7. The number of nitrogens with zero attached hydrogens (tertiary/aromatic N) is 1. The Hall–Kier alpha value is -4.27. The van der Waals surface area contributed by atoms with Crippen molar-refractivity contribution in [1.82, 2.24) is 5.32 Å². The minimum Gasteiger partial charge on any atom is -0.496 e. The third kappa shape index (κ3) is 5.77. The van der Waals surface area contributed by atoms with Crippen molar-refractivity contribution in [3.05, 3.63) is 72.2 Å². The second-order valence-electron chi connectivity index (χ2n) is 9.38. The van der Waals surface area contributed by atoms with Crippen LogP contribution >= 0.6 is 0 Å². The van der Waals surface area contributed by atoms with Crippen molar-refractivity contribution < 1.29 is 33.1 Å². The molecule has 1 aromatic heterocycles. The number of esters is 1. The summed E-state index contributed by atoms with van der Waals surface area (Å²) in [6.07, 6.45) is 4.58. The lowest BCUT2D eigenvalue weighted by Crippen LogP contribution is -2.52. The molecule has 1 fully saturated rings. The highest BCUT2D eigenvalue weighted by molar-refractivity contribution is 6.16. The van der Waals surface area contributed by atoms with E-state index >= 15 is 0 Å². The van der Waals surface area contributed by atoms with Crippen molar-refractivity contribution in [3.63, 3.8) is 0 Å². The van der Waals surface area contributed by atoms with Gasteiger partial charge in [0.05, 0.1) is 38.6 Å². The van der Waals surface area contributed by atoms with Crippen LogP contribution in [0, 0.1) is 5.41 Å². The normalized spacial score (nSPS) is 15.3. The molecule has 1 saturated carbocycles. The van der Waals surface area contributed by atoms with Gasteiger partial charge in [-0.3, -0.25) is 4.79 Å². The van der Waals surface area contributed by atoms with Gasteiger partial charge in [-0.1, -0.05) is 48.3 Å². The molecule has 206 valence electrons. The van der Waals surface area contributed by atoms with E-state index in [2.05, 4.69) is 10.5 Å². The van der Waals surface area contributed by atoms with E-state index in [0.29, 0.717) is 35.8 Å². The Morgan fingerprint density at radius 2 is 1.62 bits per heavy atom. The van der Waals surface area contributed by atoms with Gasteiger partial charge in [0.25, 0.3) is 0 Å². The van der Waals surface area contributed by atoms with Crippen LogP contribution in [0.3, 0.4) is 0 Å².